The second-order valence-corrected chi connectivity index (χ2v) is 5.87. The molecule has 0 fully saturated rings. The summed E-state index contributed by atoms with van der Waals surface area (Å²) in [6.45, 7) is 0. The van der Waals surface area contributed by atoms with E-state index in [9.17, 15) is 4.39 Å². The van der Waals surface area contributed by atoms with Crippen molar-refractivity contribution in [3.63, 3.8) is 0 Å². The van der Waals surface area contributed by atoms with Gasteiger partial charge in [0.1, 0.15) is 5.82 Å². The van der Waals surface area contributed by atoms with Gasteiger partial charge in [-0.25, -0.2) is 4.39 Å². The summed E-state index contributed by atoms with van der Waals surface area (Å²) in [6.07, 6.45) is 0.676. The van der Waals surface area contributed by atoms with Crippen molar-refractivity contribution in [1.82, 2.24) is 0 Å². The monoisotopic (exact) mass is 371 g/mol. The molecule has 1 nitrogen and oxygen atoms in total. The zero-order valence-electron chi connectivity index (χ0n) is 9.54. The molecule has 0 amide bonds. The summed E-state index contributed by atoms with van der Waals surface area (Å²) in [5.74, 6) is -0.264. The van der Waals surface area contributed by atoms with E-state index in [4.69, 9.17) is 5.73 Å². The lowest BCUT2D eigenvalue weighted by atomic mass is 10.00. The summed E-state index contributed by atoms with van der Waals surface area (Å²) in [7, 11) is 0. The van der Waals surface area contributed by atoms with Crippen molar-refractivity contribution in [1.29, 1.82) is 0 Å². The Labute approximate surface area is 122 Å². The van der Waals surface area contributed by atoms with E-state index in [1.165, 1.54) is 12.1 Å². The largest absolute Gasteiger partial charge is 0.324 e. The minimum Gasteiger partial charge on any atom is -0.324 e. The van der Waals surface area contributed by atoms with Crippen LogP contribution in [0, 0.1) is 5.82 Å². The second-order valence-electron chi connectivity index (χ2n) is 4.10. The SMILES string of the molecule is NC(Cc1ccc(Br)cc1)c1cc(F)ccc1Br. The lowest BCUT2D eigenvalue weighted by Crippen LogP contribution is -2.14. The first-order chi connectivity index (χ1) is 8.56. The molecule has 18 heavy (non-hydrogen) atoms. The third-order valence-electron chi connectivity index (χ3n) is 2.73. The number of nitrogens with two attached hydrogens (primary N) is 1. The summed E-state index contributed by atoms with van der Waals surface area (Å²) in [4.78, 5) is 0. The number of rotatable bonds is 3. The van der Waals surface area contributed by atoms with Crippen molar-refractivity contribution < 1.29 is 4.39 Å². The first-order valence-corrected chi connectivity index (χ1v) is 7.10. The Morgan fingerprint density at radius 2 is 1.72 bits per heavy atom. The Bertz CT molecular complexity index is 540. The van der Waals surface area contributed by atoms with Gasteiger partial charge in [0.05, 0.1) is 0 Å². The quantitative estimate of drug-likeness (QED) is 0.837. The van der Waals surface area contributed by atoms with E-state index in [2.05, 4.69) is 31.9 Å². The van der Waals surface area contributed by atoms with Gasteiger partial charge in [0.2, 0.25) is 0 Å². The summed E-state index contributed by atoms with van der Waals surface area (Å²) in [5, 5.41) is 0. The van der Waals surface area contributed by atoms with Crippen LogP contribution in [0.15, 0.2) is 51.4 Å². The molecule has 2 rings (SSSR count). The first-order valence-electron chi connectivity index (χ1n) is 5.51. The smallest absolute Gasteiger partial charge is 0.123 e. The first kappa shape index (κ1) is 13.7. The maximum atomic E-state index is 13.2. The average molecular weight is 373 g/mol. The lowest BCUT2D eigenvalue weighted by Gasteiger charge is -2.14. The van der Waals surface area contributed by atoms with Gasteiger partial charge >= 0.3 is 0 Å². The number of hydrogen-bond acceptors (Lipinski definition) is 1. The van der Waals surface area contributed by atoms with Crippen molar-refractivity contribution in [3.05, 3.63) is 68.4 Å². The van der Waals surface area contributed by atoms with Gasteiger partial charge in [-0.2, -0.15) is 0 Å². The van der Waals surface area contributed by atoms with E-state index in [0.717, 1.165) is 20.1 Å². The third-order valence-corrected chi connectivity index (χ3v) is 3.98. The van der Waals surface area contributed by atoms with E-state index in [-0.39, 0.29) is 11.9 Å². The van der Waals surface area contributed by atoms with Crippen molar-refractivity contribution in [2.45, 2.75) is 12.5 Å². The van der Waals surface area contributed by atoms with Crippen molar-refractivity contribution in [2.24, 2.45) is 5.73 Å². The minimum absolute atomic E-state index is 0.226. The minimum atomic E-state index is -0.264. The highest BCUT2D eigenvalue weighted by molar-refractivity contribution is 9.10. The van der Waals surface area contributed by atoms with Crippen LogP contribution in [0.4, 0.5) is 4.39 Å². The zero-order valence-corrected chi connectivity index (χ0v) is 12.7. The molecule has 1 atom stereocenters. The van der Waals surface area contributed by atoms with E-state index in [0.29, 0.717) is 6.42 Å². The molecule has 0 saturated heterocycles. The lowest BCUT2D eigenvalue weighted by molar-refractivity contribution is 0.617. The molecule has 0 aliphatic carbocycles. The van der Waals surface area contributed by atoms with E-state index < -0.39 is 0 Å². The molecule has 2 aromatic rings. The molecule has 4 heteroatoms. The maximum Gasteiger partial charge on any atom is 0.123 e. The van der Waals surface area contributed by atoms with Crippen LogP contribution in [0.1, 0.15) is 17.2 Å². The van der Waals surface area contributed by atoms with Gasteiger partial charge in [-0.3, -0.25) is 0 Å². The molecular formula is C14H12Br2FN. The predicted octanol–water partition coefficient (Wildman–Crippen LogP) is 4.59. The van der Waals surface area contributed by atoms with Gasteiger partial charge in [0, 0.05) is 15.0 Å². The Balaban J connectivity index is 2.18. The van der Waals surface area contributed by atoms with Crippen LogP contribution in [-0.2, 0) is 6.42 Å². The molecule has 2 N–H and O–H groups in total. The standard InChI is InChI=1S/C14H12Br2FN/c15-10-3-1-9(2-4-10)7-14(18)12-8-11(17)5-6-13(12)16/h1-6,8,14H,7,18H2. The fourth-order valence-corrected chi connectivity index (χ4v) is 2.59. The zero-order chi connectivity index (χ0) is 13.1. The molecule has 0 spiro atoms. The summed E-state index contributed by atoms with van der Waals surface area (Å²) in [6, 6.07) is 12.3. The molecule has 1 unspecified atom stereocenters. The Kier molecular flexibility index (Phi) is 4.54. The molecule has 94 valence electrons. The molecule has 0 radical (unpaired) electrons. The van der Waals surface area contributed by atoms with Crippen molar-refractivity contribution in [3.8, 4) is 0 Å². The topological polar surface area (TPSA) is 26.0 Å². The van der Waals surface area contributed by atoms with Crippen molar-refractivity contribution >= 4 is 31.9 Å². The molecule has 0 heterocycles. The van der Waals surface area contributed by atoms with E-state index in [1.54, 1.807) is 6.07 Å². The molecule has 0 aromatic heterocycles. The van der Waals surface area contributed by atoms with Crippen molar-refractivity contribution in [2.75, 3.05) is 0 Å². The summed E-state index contributed by atoms with van der Waals surface area (Å²) in [5.41, 5.74) is 8.04. The number of hydrogen-bond donors (Lipinski definition) is 1. The van der Waals surface area contributed by atoms with Gasteiger partial charge in [0.25, 0.3) is 0 Å². The van der Waals surface area contributed by atoms with E-state index in [1.807, 2.05) is 24.3 Å². The van der Waals surface area contributed by atoms with Gasteiger partial charge in [-0.05, 0) is 47.9 Å². The Morgan fingerprint density at radius 1 is 1.06 bits per heavy atom. The van der Waals surface area contributed by atoms with Crippen LogP contribution in [0.25, 0.3) is 0 Å². The normalized spacial score (nSPS) is 12.4. The predicted molar refractivity (Wildman–Crippen MR) is 78.9 cm³/mol. The highest BCUT2D eigenvalue weighted by Gasteiger charge is 2.11. The highest BCUT2D eigenvalue weighted by atomic mass is 79.9. The molecule has 0 bridgehead atoms. The van der Waals surface area contributed by atoms with Crippen LogP contribution < -0.4 is 5.73 Å². The van der Waals surface area contributed by atoms with E-state index >= 15 is 0 Å². The summed E-state index contributed by atoms with van der Waals surface area (Å²) < 4.78 is 15.1. The van der Waals surface area contributed by atoms with Crippen LogP contribution >= 0.6 is 31.9 Å². The third kappa shape index (κ3) is 3.40. The van der Waals surface area contributed by atoms with Gasteiger partial charge in [0.15, 0.2) is 0 Å². The number of halogens is 3. The van der Waals surface area contributed by atoms with Gasteiger partial charge in [-0.15, -0.1) is 0 Å². The average Bonchev–Trinajstić information content (AvgIpc) is 2.35. The van der Waals surface area contributed by atoms with Gasteiger partial charge in [-0.1, -0.05) is 44.0 Å². The fourth-order valence-electron chi connectivity index (χ4n) is 1.78. The second kappa shape index (κ2) is 5.95. The van der Waals surface area contributed by atoms with Crippen LogP contribution in [0.3, 0.4) is 0 Å². The molecule has 0 saturated carbocycles. The van der Waals surface area contributed by atoms with Gasteiger partial charge < -0.3 is 5.73 Å². The Morgan fingerprint density at radius 3 is 2.39 bits per heavy atom. The van der Waals surface area contributed by atoms with Crippen LogP contribution in [0.2, 0.25) is 0 Å². The molecule has 2 aromatic carbocycles. The molecule has 0 aliphatic rings. The van der Waals surface area contributed by atoms with Crippen LogP contribution in [0.5, 0.6) is 0 Å². The number of benzene rings is 2. The Hall–Kier alpha value is -0.710. The molecule has 0 aliphatic heterocycles. The maximum absolute atomic E-state index is 13.2. The van der Waals surface area contributed by atoms with Crippen LogP contribution in [-0.4, -0.2) is 0 Å². The fraction of sp³-hybridized carbons (Fsp3) is 0.143. The summed E-state index contributed by atoms with van der Waals surface area (Å²) >= 11 is 6.79. The molecular weight excluding hydrogens is 361 g/mol. The highest BCUT2D eigenvalue weighted by Crippen LogP contribution is 2.25.